The Labute approximate surface area is 111 Å². The van der Waals surface area contributed by atoms with Crippen LogP contribution in [0, 0.1) is 0 Å². The lowest BCUT2D eigenvalue weighted by atomic mass is 9.90. The molecule has 1 saturated heterocycles. The van der Waals surface area contributed by atoms with E-state index < -0.39 is 0 Å². The molecule has 2 fully saturated rings. The zero-order valence-corrected chi connectivity index (χ0v) is 10.8. The van der Waals surface area contributed by atoms with Crippen molar-refractivity contribution in [2.75, 3.05) is 13.2 Å². The van der Waals surface area contributed by atoms with Crippen molar-refractivity contribution in [3.05, 3.63) is 34.2 Å². The summed E-state index contributed by atoms with van der Waals surface area (Å²) in [6.45, 7) is 1.20. The average Bonchev–Trinajstić information content (AvgIpc) is 2.46. The van der Waals surface area contributed by atoms with Gasteiger partial charge in [-0.1, -0.05) is 18.9 Å². The van der Waals surface area contributed by atoms with Gasteiger partial charge in [-0.05, 0) is 18.9 Å². The second-order valence-corrected chi connectivity index (χ2v) is 5.19. The van der Waals surface area contributed by atoms with E-state index in [1.807, 2.05) is 4.90 Å². The quantitative estimate of drug-likeness (QED) is 0.826. The first-order valence-electron chi connectivity index (χ1n) is 6.87. The number of aromatic nitrogens is 1. The Bertz CT molecular complexity index is 523. The summed E-state index contributed by atoms with van der Waals surface area (Å²) < 4.78 is 5.76. The number of rotatable bonds is 1. The molecule has 2 atom stereocenters. The smallest absolute Gasteiger partial charge is 0.270 e. The molecule has 0 radical (unpaired) electrons. The van der Waals surface area contributed by atoms with E-state index in [0.717, 1.165) is 19.3 Å². The summed E-state index contributed by atoms with van der Waals surface area (Å²) in [7, 11) is 0. The highest BCUT2D eigenvalue weighted by molar-refractivity contribution is 5.92. The fraction of sp³-hybridized carbons (Fsp3) is 0.571. The second-order valence-electron chi connectivity index (χ2n) is 5.19. The zero-order valence-electron chi connectivity index (χ0n) is 10.8. The van der Waals surface area contributed by atoms with E-state index in [1.165, 1.54) is 12.5 Å². The van der Waals surface area contributed by atoms with Crippen molar-refractivity contribution >= 4 is 5.91 Å². The largest absolute Gasteiger partial charge is 0.374 e. The van der Waals surface area contributed by atoms with Gasteiger partial charge >= 0.3 is 0 Å². The van der Waals surface area contributed by atoms with Crippen molar-refractivity contribution in [1.29, 1.82) is 0 Å². The van der Waals surface area contributed by atoms with Gasteiger partial charge in [-0.3, -0.25) is 9.59 Å². The molecule has 1 aliphatic carbocycles. The number of carbonyl (C=O) groups is 1. The van der Waals surface area contributed by atoms with E-state index in [9.17, 15) is 9.59 Å². The van der Waals surface area contributed by atoms with E-state index in [4.69, 9.17) is 4.74 Å². The first-order chi connectivity index (χ1) is 9.25. The molecule has 1 N–H and O–H groups in total. The topological polar surface area (TPSA) is 62.4 Å². The first-order valence-corrected chi connectivity index (χ1v) is 6.87. The molecular formula is C14H18N2O3. The molecule has 3 rings (SSSR count). The van der Waals surface area contributed by atoms with Crippen molar-refractivity contribution in [2.45, 2.75) is 37.8 Å². The highest BCUT2D eigenvalue weighted by Gasteiger charge is 2.37. The summed E-state index contributed by atoms with van der Waals surface area (Å²) >= 11 is 0. The fourth-order valence-electron chi connectivity index (χ4n) is 3.08. The summed E-state index contributed by atoms with van der Waals surface area (Å²) in [4.78, 5) is 28.3. The maximum atomic E-state index is 12.5. The maximum Gasteiger partial charge on any atom is 0.270 e. The van der Waals surface area contributed by atoms with Crippen molar-refractivity contribution in [2.24, 2.45) is 0 Å². The molecule has 19 heavy (non-hydrogen) atoms. The molecule has 2 unspecified atom stereocenters. The summed E-state index contributed by atoms with van der Waals surface area (Å²) in [6.07, 6.45) is 4.50. The normalized spacial score (nSPS) is 26.8. The molecule has 2 heterocycles. The average molecular weight is 262 g/mol. The number of carbonyl (C=O) groups excluding carboxylic acids is 1. The Morgan fingerprint density at radius 3 is 3.00 bits per heavy atom. The molecule has 5 heteroatoms. The molecule has 1 aliphatic heterocycles. The Kier molecular flexibility index (Phi) is 3.38. The van der Waals surface area contributed by atoms with Gasteiger partial charge in [0.25, 0.3) is 5.91 Å². The van der Waals surface area contributed by atoms with E-state index in [1.54, 1.807) is 12.1 Å². The number of aromatic amines is 1. The van der Waals surface area contributed by atoms with Gasteiger partial charge in [0.2, 0.25) is 5.56 Å². The molecule has 1 aromatic rings. The predicted molar refractivity (Wildman–Crippen MR) is 70.1 cm³/mol. The molecule has 5 nitrogen and oxygen atoms in total. The van der Waals surface area contributed by atoms with Gasteiger partial charge in [-0.15, -0.1) is 0 Å². The summed E-state index contributed by atoms with van der Waals surface area (Å²) in [5.41, 5.74) is 0.137. The third-order valence-corrected chi connectivity index (χ3v) is 3.99. The van der Waals surface area contributed by atoms with Gasteiger partial charge in [0, 0.05) is 12.6 Å². The van der Waals surface area contributed by atoms with Crippen LogP contribution in [0.25, 0.3) is 0 Å². The Morgan fingerprint density at radius 1 is 1.32 bits per heavy atom. The SMILES string of the molecule is O=C(c1cccc(=O)[nH]1)N1CCOC2CCCCC21. The minimum absolute atomic E-state index is 0.0853. The Hall–Kier alpha value is -1.62. The van der Waals surface area contributed by atoms with Gasteiger partial charge < -0.3 is 14.6 Å². The summed E-state index contributed by atoms with van der Waals surface area (Å²) in [6, 6.07) is 4.86. The van der Waals surface area contributed by atoms with Gasteiger partial charge in [0.15, 0.2) is 0 Å². The van der Waals surface area contributed by atoms with Crippen LogP contribution in [0.2, 0.25) is 0 Å². The van der Waals surface area contributed by atoms with E-state index >= 15 is 0 Å². The molecule has 1 aromatic heterocycles. The van der Waals surface area contributed by atoms with Crippen LogP contribution in [0.3, 0.4) is 0 Å². The highest BCUT2D eigenvalue weighted by Crippen LogP contribution is 2.29. The van der Waals surface area contributed by atoms with Crippen molar-refractivity contribution < 1.29 is 9.53 Å². The van der Waals surface area contributed by atoms with Gasteiger partial charge in [-0.25, -0.2) is 0 Å². The van der Waals surface area contributed by atoms with Crippen molar-refractivity contribution in [3.8, 4) is 0 Å². The Morgan fingerprint density at radius 2 is 2.16 bits per heavy atom. The third-order valence-electron chi connectivity index (χ3n) is 3.99. The number of hydrogen-bond acceptors (Lipinski definition) is 3. The minimum atomic E-state index is -0.237. The van der Waals surface area contributed by atoms with E-state index in [2.05, 4.69) is 4.98 Å². The molecule has 0 bridgehead atoms. The second kappa shape index (κ2) is 5.17. The predicted octanol–water partition coefficient (Wildman–Crippen LogP) is 1.16. The number of ether oxygens (including phenoxy) is 1. The molecule has 102 valence electrons. The lowest BCUT2D eigenvalue weighted by Crippen LogP contribution is -2.55. The molecule has 0 aromatic carbocycles. The van der Waals surface area contributed by atoms with Crippen LogP contribution in [0.1, 0.15) is 36.2 Å². The molecule has 1 saturated carbocycles. The van der Waals surface area contributed by atoms with E-state index in [0.29, 0.717) is 18.8 Å². The third kappa shape index (κ3) is 2.42. The van der Waals surface area contributed by atoms with Crippen LogP contribution >= 0.6 is 0 Å². The lowest BCUT2D eigenvalue weighted by Gasteiger charge is -2.43. The highest BCUT2D eigenvalue weighted by atomic mass is 16.5. The molecular weight excluding hydrogens is 244 g/mol. The number of nitrogens with one attached hydrogen (secondary N) is 1. The van der Waals surface area contributed by atoms with Crippen LogP contribution in [0.4, 0.5) is 0 Å². The minimum Gasteiger partial charge on any atom is -0.374 e. The zero-order chi connectivity index (χ0) is 13.2. The number of amides is 1. The number of hydrogen-bond donors (Lipinski definition) is 1. The monoisotopic (exact) mass is 262 g/mol. The van der Waals surface area contributed by atoms with Gasteiger partial charge in [0.1, 0.15) is 5.69 Å². The lowest BCUT2D eigenvalue weighted by molar-refractivity contribution is -0.0754. The molecule has 0 spiro atoms. The Balaban J connectivity index is 1.83. The number of pyridine rings is 1. The number of nitrogens with zero attached hydrogens (tertiary/aromatic N) is 1. The summed E-state index contributed by atoms with van der Waals surface area (Å²) in [5.74, 6) is -0.0853. The maximum absolute atomic E-state index is 12.5. The fourth-order valence-corrected chi connectivity index (χ4v) is 3.08. The van der Waals surface area contributed by atoms with Crippen molar-refractivity contribution in [3.63, 3.8) is 0 Å². The molecule has 1 amide bonds. The first kappa shape index (κ1) is 12.4. The van der Waals surface area contributed by atoms with Crippen LogP contribution < -0.4 is 5.56 Å². The summed E-state index contributed by atoms with van der Waals surface area (Å²) in [5, 5.41) is 0. The van der Waals surface area contributed by atoms with Gasteiger partial charge in [-0.2, -0.15) is 0 Å². The van der Waals surface area contributed by atoms with Crippen LogP contribution in [-0.2, 0) is 4.74 Å². The molecule has 2 aliphatic rings. The number of H-pyrrole nitrogens is 1. The van der Waals surface area contributed by atoms with Crippen LogP contribution in [0.15, 0.2) is 23.0 Å². The van der Waals surface area contributed by atoms with E-state index in [-0.39, 0.29) is 23.6 Å². The van der Waals surface area contributed by atoms with Crippen molar-refractivity contribution in [1.82, 2.24) is 9.88 Å². The number of morpholine rings is 1. The van der Waals surface area contributed by atoms with Crippen LogP contribution in [-0.4, -0.2) is 41.1 Å². The number of fused-ring (bicyclic) bond motifs is 1. The van der Waals surface area contributed by atoms with Gasteiger partial charge in [0.05, 0.1) is 18.8 Å². The van der Waals surface area contributed by atoms with Crippen LogP contribution in [0.5, 0.6) is 0 Å². The standard InChI is InChI=1S/C14H18N2O3/c17-13-7-3-4-10(15-13)14(18)16-8-9-19-12-6-2-1-5-11(12)16/h3-4,7,11-12H,1-2,5-6,8-9H2,(H,15,17).